The molecule has 0 unspecified atom stereocenters. The quantitative estimate of drug-likeness (QED) is 0.136. The molecule has 0 N–H and O–H groups in total. The maximum atomic E-state index is 11.0. The van der Waals surface area contributed by atoms with Gasteiger partial charge in [-0.15, -0.1) is 0 Å². The number of hydrogen-bond acceptors (Lipinski definition) is 5. The molecule has 0 bridgehead atoms. The molecule has 0 aliphatic heterocycles. The van der Waals surface area contributed by atoms with Gasteiger partial charge in [0.1, 0.15) is 6.29 Å². The highest BCUT2D eigenvalue weighted by atomic mass is 16.6. The molecule has 0 aromatic rings. The second kappa shape index (κ2) is 15.2. The van der Waals surface area contributed by atoms with Gasteiger partial charge < -0.3 is 4.79 Å². The molecule has 0 aromatic heterocycles. The number of aldehydes is 1. The van der Waals surface area contributed by atoms with Crippen molar-refractivity contribution in [3.8, 4) is 0 Å². The summed E-state index contributed by atoms with van der Waals surface area (Å²) in [4.78, 5) is 31.3. The monoisotopic (exact) mass is 352 g/mol. The van der Waals surface area contributed by atoms with Gasteiger partial charge in [-0.2, -0.15) is 0 Å². The van der Waals surface area contributed by atoms with Gasteiger partial charge in [0.15, 0.2) is 0 Å². The van der Waals surface area contributed by atoms with Crippen molar-refractivity contribution >= 4 is 6.29 Å². The third-order valence-corrected chi connectivity index (χ3v) is 3.64. The summed E-state index contributed by atoms with van der Waals surface area (Å²) in [6.45, 7) is 2.08. The summed E-state index contributed by atoms with van der Waals surface area (Å²) in [6, 6.07) is 0. The van der Waals surface area contributed by atoms with Crippen LogP contribution in [0.3, 0.4) is 0 Å². The molecule has 0 radical (unpaired) electrons. The van der Waals surface area contributed by atoms with Gasteiger partial charge in [-0.05, 0) is 44.3 Å². The Morgan fingerprint density at radius 1 is 0.880 bits per heavy atom. The third kappa shape index (κ3) is 12.7. The molecule has 0 saturated heterocycles. The second-order valence-corrected chi connectivity index (χ2v) is 5.72. The van der Waals surface area contributed by atoms with Crippen LogP contribution in [0.15, 0.2) is 35.7 Å². The molecule has 0 rings (SSSR count). The van der Waals surface area contributed by atoms with Crippen molar-refractivity contribution in [3.05, 3.63) is 55.9 Å². The van der Waals surface area contributed by atoms with Crippen molar-refractivity contribution in [2.75, 3.05) is 0 Å². The molecule has 0 heterocycles. The highest BCUT2D eigenvalue weighted by Gasteiger charge is 2.09. The zero-order valence-corrected chi connectivity index (χ0v) is 14.9. The minimum atomic E-state index is -0.412. The van der Waals surface area contributed by atoms with Gasteiger partial charge in [-0.25, -0.2) is 0 Å². The average Bonchev–Trinajstić information content (AvgIpc) is 2.57. The highest BCUT2D eigenvalue weighted by Crippen LogP contribution is 2.12. The third-order valence-electron chi connectivity index (χ3n) is 3.64. The molecule has 0 aliphatic rings. The average molecular weight is 352 g/mol. The SMILES string of the molecule is CCCCC/C=C(/C/C=C/C/C=C(/CCCCC=O)[N+](=O)[O-])[N+](=O)[O-]. The molecular formula is C18H28N2O5. The first kappa shape index (κ1) is 22.7. The number of allylic oxidation sites excluding steroid dienone is 5. The lowest BCUT2D eigenvalue weighted by Gasteiger charge is -1.97. The van der Waals surface area contributed by atoms with Crippen LogP contribution in [0, 0.1) is 20.2 Å². The van der Waals surface area contributed by atoms with E-state index in [0.29, 0.717) is 38.5 Å². The zero-order chi connectivity index (χ0) is 18.9. The largest absolute Gasteiger partial charge is 0.303 e. The van der Waals surface area contributed by atoms with E-state index in [2.05, 4.69) is 6.92 Å². The molecule has 140 valence electrons. The van der Waals surface area contributed by atoms with Gasteiger partial charge in [0.05, 0.1) is 16.3 Å². The van der Waals surface area contributed by atoms with Crippen LogP contribution in [0.25, 0.3) is 0 Å². The summed E-state index contributed by atoms with van der Waals surface area (Å²) in [6.07, 6.45) is 13.7. The molecular weight excluding hydrogens is 324 g/mol. The van der Waals surface area contributed by atoms with Crippen molar-refractivity contribution in [1.82, 2.24) is 0 Å². The van der Waals surface area contributed by atoms with Crippen LogP contribution in [0.2, 0.25) is 0 Å². The number of hydrogen-bond donors (Lipinski definition) is 0. The molecule has 0 aromatic carbocycles. The Bertz CT molecular complexity index is 510. The van der Waals surface area contributed by atoms with Crippen LogP contribution in [0.4, 0.5) is 0 Å². The van der Waals surface area contributed by atoms with E-state index < -0.39 is 4.92 Å². The van der Waals surface area contributed by atoms with E-state index in [9.17, 15) is 25.0 Å². The molecule has 0 atom stereocenters. The second-order valence-electron chi connectivity index (χ2n) is 5.72. The Labute approximate surface area is 148 Å². The van der Waals surface area contributed by atoms with Crippen molar-refractivity contribution in [2.24, 2.45) is 0 Å². The summed E-state index contributed by atoms with van der Waals surface area (Å²) in [7, 11) is 0. The van der Waals surface area contributed by atoms with Crippen molar-refractivity contribution in [1.29, 1.82) is 0 Å². The van der Waals surface area contributed by atoms with Crippen molar-refractivity contribution in [2.45, 2.75) is 71.1 Å². The standard InChI is InChI=1S/C18H28N2O5/c1-2-3-4-7-12-17(19(22)23)13-8-5-9-14-18(20(24)25)15-10-6-11-16-21/h5,8,12,14,16H,2-4,6-7,9-11,13,15H2,1H3/b8-5+,17-12-,18-14-. The summed E-state index contributed by atoms with van der Waals surface area (Å²) < 4.78 is 0. The minimum absolute atomic E-state index is 0.125. The van der Waals surface area contributed by atoms with Gasteiger partial charge in [-0.3, -0.25) is 20.2 Å². The predicted molar refractivity (Wildman–Crippen MR) is 97.2 cm³/mol. The Morgan fingerprint density at radius 2 is 1.56 bits per heavy atom. The van der Waals surface area contributed by atoms with Crippen LogP contribution in [-0.4, -0.2) is 16.1 Å². The Hall–Kier alpha value is -2.31. The number of nitro groups is 2. The lowest BCUT2D eigenvalue weighted by molar-refractivity contribution is -0.428. The summed E-state index contributed by atoms with van der Waals surface area (Å²) in [5.74, 6) is 0. The molecule has 0 fully saturated rings. The number of carbonyl (C=O) groups is 1. The van der Waals surface area contributed by atoms with Gasteiger partial charge in [0, 0.05) is 12.8 Å². The molecule has 7 heteroatoms. The van der Waals surface area contributed by atoms with E-state index in [-0.39, 0.29) is 22.7 Å². The number of unbranched alkanes of at least 4 members (excludes halogenated alkanes) is 5. The molecule has 0 aliphatic carbocycles. The molecule has 0 saturated carbocycles. The van der Waals surface area contributed by atoms with Crippen molar-refractivity contribution in [3.63, 3.8) is 0 Å². The van der Waals surface area contributed by atoms with Gasteiger partial charge in [0.25, 0.3) is 0 Å². The van der Waals surface area contributed by atoms with E-state index in [1.54, 1.807) is 18.2 Å². The fourth-order valence-electron chi connectivity index (χ4n) is 2.20. The Kier molecular flexibility index (Phi) is 13.8. The van der Waals surface area contributed by atoms with Gasteiger partial charge in [0.2, 0.25) is 11.4 Å². The predicted octanol–water partition coefficient (Wildman–Crippen LogP) is 4.98. The fraction of sp³-hybridized carbons (Fsp3) is 0.611. The summed E-state index contributed by atoms with van der Waals surface area (Å²) in [5, 5.41) is 21.9. The van der Waals surface area contributed by atoms with E-state index >= 15 is 0 Å². The first-order chi connectivity index (χ1) is 12.0. The Morgan fingerprint density at radius 3 is 2.16 bits per heavy atom. The number of rotatable bonds is 15. The lowest BCUT2D eigenvalue weighted by atomic mass is 10.1. The van der Waals surface area contributed by atoms with Crippen LogP contribution in [0.1, 0.15) is 71.1 Å². The zero-order valence-electron chi connectivity index (χ0n) is 14.9. The van der Waals surface area contributed by atoms with E-state index in [1.807, 2.05) is 0 Å². The summed E-state index contributed by atoms with van der Waals surface area (Å²) >= 11 is 0. The van der Waals surface area contributed by atoms with E-state index in [4.69, 9.17) is 0 Å². The topological polar surface area (TPSA) is 103 Å². The summed E-state index contributed by atoms with van der Waals surface area (Å²) in [5.41, 5.74) is 0.292. The van der Waals surface area contributed by atoms with Crippen LogP contribution < -0.4 is 0 Å². The maximum absolute atomic E-state index is 11.0. The van der Waals surface area contributed by atoms with Crippen LogP contribution >= 0.6 is 0 Å². The molecule has 7 nitrogen and oxygen atoms in total. The van der Waals surface area contributed by atoms with E-state index in [0.717, 1.165) is 25.5 Å². The molecule has 0 amide bonds. The van der Waals surface area contributed by atoms with Crippen molar-refractivity contribution < 1.29 is 14.6 Å². The molecule has 0 spiro atoms. The van der Waals surface area contributed by atoms with Crippen LogP contribution in [0.5, 0.6) is 0 Å². The maximum Gasteiger partial charge on any atom is 0.246 e. The van der Waals surface area contributed by atoms with E-state index in [1.165, 1.54) is 6.08 Å². The normalized spacial score (nSPS) is 12.5. The highest BCUT2D eigenvalue weighted by molar-refractivity contribution is 5.48. The first-order valence-electron chi connectivity index (χ1n) is 8.78. The van der Waals surface area contributed by atoms with Gasteiger partial charge >= 0.3 is 0 Å². The fourth-order valence-corrected chi connectivity index (χ4v) is 2.20. The van der Waals surface area contributed by atoms with Crippen LogP contribution in [-0.2, 0) is 4.79 Å². The number of nitrogens with zero attached hydrogens (tertiary/aromatic N) is 2. The lowest BCUT2D eigenvalue weighted by Crippen LogP contribution is -1.99. The molecule has 25 heavy (non-hydrogen) atoms. The number of carbonyl (C=O) groups excluding carboxylic acids is 1. The Balaban J connectivity index is 4.41. The van der Waals surface area contributed by atoms with Gasteiger partial charge in [-0.1, -0.05) is 31.9 Å². The first-order valence-corrected chi connectivity index (χ1v) is 8.78. The minimum Gasteiger partial charge on any atom is -0.303 e. The smallest absolute Gasteiger partial charge is 0.246 e.